The van der Waals surface area contributed by atoms with Gasteiger partial charge in [-0.25, -0.2) is 0 Å². The number of ketones is 2. The molecular weight excluding hydrogens is 482 g/mol. The quantitative estimate of drug-likeness (QED) is 0.479. The van der Waals surface area contributed by atoms with E-state index in [-0.39, 0.29) is 28.3 Å². The van der Waals surface area contributed by atoms with Crippen LogP contribution in [0.5, 0.6) is 11.5 Å². The van der Waals surface area contributed by atoms with Gasteiger partial charge in [0.05, 0.1) is 18.2 Å². The second-order valence-corrected chi connectivity index (χ2v) is 11.9. The van der Waals surface area contributed by atoms with Gasteiger partial charge in [0.15, 0.2) is 23.1 Å². The van der Waals surface area contributed by atoms with Crippen molar-refractivity contribution in [1.29, 1.82) is 0 Å². The number of benzene rings is 1. The average molecular weight is 516 g/mol. The summed E-state index contributed by atoms with van der Waals surface area (Å²) >= 11 is 3.64. The maximum Gasteiger partial charge on any atom is 0.175 e. The van der Waals surface area contributed by atoms with Gasteiger partial charge in [-0.05, 0) is 64.2 Å². The van der Waals surface area contributed by atoms with Crippen molar-refractivity contribution in [2.75, 3.05) is 20.8 Å². The van der Waals surface area contributed by atoms with Crippen LogP contribution in [0.4, 0.5) is 0 Å². The number of Topliss-reactive ketones (excluding diaryl/α,β-unsaturated/α-hetero) is 2. The third kappa shape index (κ3) is 4.16. The van der Waals surface area contributed by atoms with Gasteiger partial charge >= 0.3 is 0 Å². The van der Waals surface area contributed by atoms with Gasteiger partial charge < -0.3 is 14.4 Å². The van der Waals surface area contributed by atoms with Gasteiger partial charge in [0, 0.05) is 48.3 Å². The van der Waals surface area contributed by atoms with Crippen LogP contribution in [-0.4, -0.2) is 37.2 Å². The molecule has 1 aromatic carbocycles. The molecule has 0 bridgehead atoms. The minimum Gasteiger partial charge on any atom is -0.493 e. The van der Waals surface area contributed by atoms with Crippen LogP contribution in [0.2, 0.25) is 0 Å². The van der Waals surface area contributed by atoms with Crippen molar-refractivity contribution in [1.82, 2.24) is 4.90 Å². The molecule has 0 spiro atoms. The predicted molar refractivity (Wildman–Crippen MR) is 132 cm³/mol. The third-order valence-electron chi connectivity index (χ3n) is 7.05. The molecule has 5 nitrogen and oxygen atoms in total. The fourth-order valence-electron chi connectivity index (χ4n) is 5.69. The first-order chi connectivity index (χ1) is 15.4. The Bertz CT molecular complexity index is 1040. The van der Waals surface area contributed by atoms with E-state index in [9.17, 15) is 9.59 Å². The molecule has 1 heterocycles. The summed E-state index contributed by atoms with van der Waals surface area (Å²) in [4.78, 5) is 29.4. The first-order valence-corrected chi connectivity index (χ1v) is 12.4. The smallest absolute Gasteiger partial charge is 0.175 e. The lowest BCUT2D eigenvalue weighted by molar-refractivity contribution is -0.119. The Morgan fingerprint density at radius 3 is 1.94 bits per heavy atom. The van der Waals surface area contributed by atoms with Crippen LogP contribution in [0, 0.1) is 10.8 Å². The Kier molecular flexibility index (Phi) is 6.05. The maximum absolute atomic E-state index is 13.6. The van der Waals surface area contributed by atoms with E-state index in [4.69, 9.17) is 9.47 Å². The molecule has 33 heavy (non-hydrogen) atoms. The molecule has 0 amide bonds. The van der Waals surface area contributed by atoms with Gasteiger partial charge in [-0.3, -0.25) is 9.59 Å². The van der Waals surface area contributed by atoms with Crippen molar-refractivity contribution in [2.45, 2.75) is 66.2 Å². The first-order valence-electron chi connectivity index (χ1n) is 11.7. The van der Waals surface area contributed by atoms with Crippen LogP contribution >= 0.6 is 15.9 Å². The zero-order valence-electron chi connectivity index (χ0n) is 20.7. The molecule has 1 aromatic rings. The molecule has 0 saturated carbocycles. The Morgan fingerprint density at radius 1 is 0.970 bits per heavy atom. The van der Waals surface area contributed by atoms with Crippen LogP contribution in [-0.2, 0) is 9.59 Å². The van der Waals surface area contributed by atoms with Crippen LogP contribution in [0.3, 0.4) is 0 Å². The van der Waals surface area contributed by atoms with Crippen LogP contribution < -0.4 is 9.47 Å². The molecule has 0 aromatic heterocycles. The van der Waals surface area contributed by atoms with Crippen molar-refractivity contribution in [3.8, 4) is 11.5 Å². The van der Waals surface area contributed by atoms with Gasteiger partial charge in [0.2, 0.25) is 0 Å². The number of ether oxygens (including phenoxy) is 2. The normalized spacial score (nSPS) is 22.4. The molecular formula is C27H34BrNO4. The van der Waals surface area contributed by atoms with Crippen molar-refractivity contribution in [3.05, 3.63) is 44.7 Å². The highest BCUT2D eigenvalue weighted by molar-refractivity contribution is 9.10. The molecule has 0 radical (unpaired) electrons. The number of rotatable bonds is 4. The molecule has 2 aliphatic carbocycles. The molecule has 178 valence electrons. The number of allylic oxidation sites excluding steroid dienone is 4. The Hall–Kier alpha value is -2.08. The number of carbonyl (C=O) groups is 2. The van der Waals surface area contributed by atoms with E-state index in [2.05, 4.69) is 48.5 Å². The van der Waals surface area contributed by atoms with E-state index in [0.29, 0.717) is 30.9 Å². The van der Waals surface area contributed by atoms with Gasteiger partial charge in [0.25, 0.3) is 0 Å². The highest BCUT2D eigenvalue weighted by atomic mass is 79.9. The largest absolute Gasteiger partial charge is 0.493 e. The summed E-state index contributed by atoms with van der Waals surface area (Å²) in [6, 6.07) is 3.92. The Morgan fingerprint density at radius 2 is 1.48 bits per heavy atom. The zero-order valence-corrected chi connectivity index (χ0v) is 22.3. The standard InChI is InChI=1S/C27H34BrNO4/c1-8-33-25-16(28)9-15(10-21(25)32-7)22-23-17(11-26(2,3)13-19(23)30)29(6)18-12-27(4,5)14-20(31)24(18)22/h9-10,22H,8,11-14H2,1-7H3. The highest BCUT2D eigenvalue weighted by Crippen LogP contribution is 2.55. The molecule has 0 unspecified atom stereocenters. The van der Waals surface area contributed by atoms with Crippen LogP contribution in [0.25, 0.3) is 0 Å². The molecule has 0 saturated heterocycles. The summed E-state index contributed by atoms with van der Waals surface area (Å²) in [6.07, 6.45) is 2.57. The molecule has 0 fully saturated rings. The molecule has 0 N–H and O–H groups in total. The van der Waals surface area contributed by atoms with Crippen molar-refractivity contribution in [2.24, 2.45) is 10.8 Å². The summed E-state index contributed by atoms with van der Waals surface area (Å²) in [5, 5.41) is 0. The summed E-state index contributed by atoms with van der Waals surface area (Å²) in [5.74, 6) is 1.10. The predicted octanol–water partition coefficient (Wildman–Crippen LogP) is 6.17. The van der Waals surface area contributed by atoms with Gasteiger partial charge in [-0.15, -0.1) is 0 Å². The van der Waals surface area contributed by atoms with Gasteiger partial charge in [-0.2, -0.15) is 0 Å². The monoisotopic (exact) mass is 515 g/mol. The number of nitrogens with zero attached hydrogens (tertiary/aromatic N) is 1. The van der Waals surface area contributed by atoms with Gasteiger partial charge in [0.1, 0.15) is 0 Å². The number of halogens is 1. The second-order valence-electron chi connectivity index (χ2n) is 11.1. The molecule has 3 aliphatic rings. The topological polar surface area (TPSA) is 55.8 Å². The lowest BCUT2D eigenvalue weighted by atomic mass is 9.64. The second kappa shape index (κ2) is 8.30. The van der Waals surface area contributed by atoms with Crippen molar-refractivity contribution >= 4 is 27.5 Å². The Labute approximate surface area is 205 Å². The Balaban J connectivity index is 1.98. The molecule has 6 heteroatoms. The van der Waals surface area contributed by atoms with E-state index in [1.807, 2.05) is 26.1 Å². The highest BCUT2D eigenvalue weighted by Gasteiger charge is 2.48. The minimum atomic E-state index is -0.390. The number of methoxy groups -OCH3 is 1. The van der Waals surface area contributed by atoms with E-state index >= 15 is 0 Å². The van der Waals surface area contributed by atoms with E-state index < -0.39 is 0 Å². The van der Waals surface area contributed by atoms with Crippen LogP contribution in [0.15, 0.2) is 39.1 Å². The lowest BCUT2D eigenvalue weighted by Gasteiger charge is -2.48. The lowest BCUT2D eigenvalue weighted by Crippen LogP contribution is -2.43. The number of hydrogen-bond donors (Lipinski definition) is 0. The molecule has 1 aliphatic heterocycles. The van der Waals surface area contributed by atoms with Crippen molar-refractivity contribution < 1.29 is 19.1 Å². The summed E-state index contributed by atoms with van der Waals surface area (Å²) in [6.45, 7) is 11.0. The molecule has 0 atom stereocenters. The zero-order chi connectivity index (χ0) is 24.3. The molecule has 4 rings (SSSR count). The number of carbonyl (C=O) groups excluding carboxylic acids is 2. The van der Waals surface area contributed by atoms with E-state index in [1.54, 1.807) is 7.11 Å². The fourth-order valence-corrected chi connectivity index (χ4v) is 6.26. The maximum atomic E-state index is 13.6. The first kappa shape index (κ1) is 24.1. The summed E-state index contributed by atoms with van der Waals surface area (Å²) in [5.41, 5.74) is 4.29. The SMILES string of the molecule is CCOc1c(Br)cc(C2C3=C(CC(C)(C)CC3=O)N(C)C3=C2C(=O)CC(C)(C)C3)cc1OC. The summed E-state index contributed by atoms with van der Waals surface area (Å²) in [7, 11) is 3.64. The fraction of sp³-hybridized carbons (Fsp3) is 0.556. The van der Waals surface area contributed by atoms with E-state index in [0.717, 1.165) is 45.4 Å². The minimum absolute atomic E-state index is 0.113. The summed E-state index contributed by atoms with van der Waals surface area (Å²) < 4.78 is 12.2. The van der Waals surface area contributed by atoms with E-state index in [1.165, 1.54) is 0 Å². The third-order valence-corrected chi connectivity index (χ3v) is 7.64. The average Bonchev–Trinajstić information content (AvgIpc) is 2.69. The van der Waals surface area contributed by atoms with Crippen LogP contribution in [0.1, 0.15) is 71.8 Å². The number of hydrogen-bond acceptors (Lipinski definition) is 5. The van der Waals surface area contributed by atoms with Crippen molar-refractivity contribution in [3.63, 3.8) is 0 Å². The van der Waals surface area contributed by atoms with Gasteiger partial charge in [-0.1, -0.05) is 27.7 Å².